The number of carbonyl (C=O) groups is 1. The van der Waals surface area contributed by atoms with Crippen molar-refractivity contribution in [2.75, 3.05) is 12.0 Å². The van der Waals surface area contributed by atoms with E-state index >= 15 is 0 Å². The lowest BCUT2D eigenvalue weighted by Crippen LogP contribution is -2.61. The van der Waals surface area contributed by atoms with Crippen LogP contribution in [0.25, 0.3) is 0 Å². The van der Waals surface area contributed by atoms with Crippen LogP contribution in [0.3, 0.4) is 0 Å². The van der Waals surface area contributed by atoms with Gasteiger partial charge in [0.2, 0.25) is 0 Å². The standard InChI is InChI=1S/C26H32ClNO3/c1-16(2)22-14-5-17(3)15-23(22)31-25-24(18-6-8-19(27)9-7-18)28(26(25)29)20-10-12-21(30-4)13-11-20/h6-13,16-17,22-25H,5,14-15H2,1-4H3/t17-,22+,23-,24+,25-/m1/s1. The molecule has 4 rings (SSSR count). The topological polar surface area (TPSA) is 38.8 Å². The molecular formula is C26H32ClNO3. The molecule has 0 unspecified atom stereocenters. The Balaban J connectivity index is 1.62. The molecule has 1 aliphatic heterocycles. The van der Waals surface area contributed by atoms with Crippen LogP contribution in [0, 0.1) is 17.8 Å². The Morgan fingerprint density at radius 3 is 2.32 bits per heavy atom. The molecule has 2 aliphatic rings. The predicted octanol–water partition coefficient (Wildman–Crippen LogP) is 6.28. The number of benzene rings is 2. The van der Waals surface area contributed by atoms with Gasteiger partial charge in [0, 0.05) is 10.7 Å². The number of β-lactam (4-membered cyclic amide) rings is 1. The molecule has 31 heavy (non-hydrogen) atoms. The second-order valence-electron chi connectivity index (χ2n) is 9.32. The van der Waals surface area contributed by atoms with Gasteiger partial charge in [-0.15, -0.1) is 0 Å². The highest BCUT2D eigenvalue weighted by atomic mass is 35.5. The Bertz CT molecular complexity index is 896. The van der Waals surface area contributed by atoms with Crippen molar-refractivity contribution in [3.05, 3.63) is 59.1 Å². The SMILES string of the molecule is COc1ccc(N2C(=O)[C@H](O[C@@H]3C[C@H](C)CC[C@H]3C(C)C)[C@@H]2c2ccc(Cl)cc2)cc1. The van der Waals surface area contributed by atoms with Gasteiger partial charge in [-0.1, -0.05) is 50.9 Å². The quantitative estimate of drug-likeness (QED) is 0.495. The minimum atomic E-state index is -0.472. The molecule has 5 heteroatoms. The molecule has 1 saturated heterocycles. The molecule has 0 radical (unpaired) electrons. The van der Waals surface area contributed by atoms with Crippen molar-refractivity contribution in [3.63, 3.8) is 0 Å². The lowest BCUT2D eigenvalue weighted by Gasteiger charge is -2.50. The van der Waals surface area contributed by atoms with E-state index in [1.165, 1.54) is 6.42 Å². The summed E-state index contributed by atoms with van der Waals surface area (Å²) in [5.74, 6) is 2.44. The van der Waals surface area contributed by atoms with E-state index in [4.69, 9.17) is 21.1 Å². The van der Waals surface area contributed by atoms with Crippen LogP contribution in [0.15, 0.2) is 48.5 Å². The van der Waals surface area contributed by atoms with E-state index in [2.05, 4.69) is 20.8 Å². The summed E-state index contributed by atoms with van der Waals surface area (Å²) < 4.78 is 11.9. The van der Waals surface area contributed by atoms with Gasteiger partial charge in [0.1, 0.15) is 5.75 Å². The lowest BCUT2D eigenvalue weighted by atomic mass is 9.75. The van der Waals surface area contributed by atoms with E-state index in [1.54, 1.807) is 7.11 Å². The molecule has 1 saturated carbocycles. The second kappa shape index (κ2) is 9.22. The number of halogens is 1. The van der Waals surface area contributed by atoms with Crippen LogP contribution in [0.1, 0.15) is 51.6 Å². The van der Waals surface area contributed by atoms with Gasteiger partial charge in [0.05, 0.1) is 19.3 Å². The summed E-state index contributed by atoms with van der Waals surface area (Å²) in [5.41, 5.74) is 1.89. The summed E-state index contributed by atoms with van der Waals surface area (Å²) in [5, 5.41) is 0.684. The zero-order valence-electron chi connectivity index (χ0n) is 18.8. The largest absolute Gasteiger partial charge is 0.497 e. The molecule has 2 aromatic rings. The van der Waals surface area contributed by atoms with E-state index in [0.29, 0.717) is 22.8 Å². The second-order valence-corrected chi connectivity index (χ2v) is 9.76. The van der Waals surface area contributed by atoms with Crippen molar-refractivity contribution in [1.29, 1.82) is 0 Å². The molecule has 4 nitrogen and oxygen atoms in total. The van der Waals surface area contributed by atoms with Crippen molar-refractivity contribution in [3.8, 4) is 5.75 Å². The molecule has 2 fully saturated rings. The molecule has 1 amide bonds. The van der Waals surface area contributed by atoms with Crippen molar-refractivity contribution in [2.24, 2.45) is 17.8 Å². The fourth-order valence-electron chi connectivity index (χ4n) is 5.07. The lowest BCUT2D eigenvalue weighted by molar-refractivity contribution is -0.157. The Morgan fingerprint density at radius 2 is 1.71 bits per heavy atom. The predicted molar refractivity (Wildman–Crippen MR) is 125 cm³/mol. The average Bonchev–Trinajstić information content (AvgIpc) is 2.76. The third-order valence-electron chi connectivity index (χ3n) is 6.89. The molecule has 1 aliphatic carbocycles. The van der Waals surface area contributed by atoms with Crippen LogP contribution in [0.5, 0.6) is 5.75 Å². The Labute approximate surface area is 190 Å². The summed E-state index contributed by atoms with van der Waals surface area (Å²) in [6.45, 7) is 6.82. The van der Waals surface area contributed by atoms with Gasteiger partial charge in [-0.05, 0) is 72.6 Å². The van der Waals surface area contributed by atoms with Crippen LogP contribution in [-0.2, 0) is 9.53 Å². The summed E-state index contributed by atoms with van der Waals surface area (Å²) >= 11 is 6.13. The molecular weight excluding hydrogens is 410 g/mol. The molecule has 0 aromatic heterocycles. The first-order valence-electron chi connectivity index (χ1n) is 11.3. The molecule has 166 valence electrons. The van der Waals surface area contributed by atoms with Gasteiger partial charge >= 0.3 is 0 Å². The maximum atomic E-state index is 13.3. The van der Waals surface area contributed by atoms with Gasteiger partial charge in [-0.3, -0.25) is 9.69 Å². The molecule has 0 spiro atoms. The number of rotatable bonds is 6. The minimum absolute atomic E-state index is 0.0193. The Morgan fingerprint density at radius 1 is 1.03 bits per heavy atom. The summed E-state index contributed by atoms with van der Waals surface area (Å²) in [7, 11) is 1.64. The zero-order valence-corrected chi connectivity index (χ0v) is 19.5. The van der Waals surface area contributed by atoms with E-state index in [0.717, 1.165) is 29.8 Å². The van der Waals surface area contributed by atoms with Gasteiger partial charge in [-0.2, -0.15) is 0 Å². The number of hydrogen-bond acceptors (Lipinski definition) is 3. The summed E-state index contributed by atoms with van der Waals surface area (Å²) in [6, 6.07) is 15.2. The van der Waals surface area contributed by atoms with Gasteiger partial charge in [-0.25, -0.2) is 0 Å². The maximum Gasteiger partial charge on any atom is 0.259 e. The van der Waals surface area contributed by atoms with Crippen LogP contribution in [0.4, 0.5) is 5.69 Å². The highest BCUT2D eigenvalue weighted by Crippen LogP contribution is 2.44. The molecule has 2 aromatic carbocycles. The highest BCUT2D eigenvalue weighted by Gasteiger charge is 2.51. The van der Waals surface area contributed by atoms with Crippen LogP contribution < -0.4 is 9.64 Å². The number of ether oxygens (including phenoxy) is 2. The monoisotopic (exact) mass is 441 g/mol. The molecule has 1 heterocycles. The van der Waals surface area contributed by atoms with Crippen molar-refractivity contribution in [2.45, 2.75) is 58.3 Å². The number of hydrogen-bond donors (Lipinski definition) is 0. The first-order valence-corrected chi connectivity index (χ1v) is 11.6. The number of carbonyl (C=O) groups excluding carboxylic acids is 1. The molecule has 0 N–H and O–H groups in total. The fourth-order valence-corrected chi connectivity index (χ4v) is 5.20. The fraction of sp³-hybridized carbons (Fsp3) is 0.500. The first kappa shape index (κ1) is 22.2. The Kier molecular flexibility index (Phi) is 6.59. The number of methoxy groups -OCH3 is 1. The van der Waals surface area contributed by atoms with Crippen LogP contribution in [-0.4, -0.2) is 25.2 Å². The molecule has 5 atom stereocenters. The summed E-state index contributed by atoms with van der Waals surface area (Å²) in [6.07, 6.45) is 3.06. The Hall–Kier alpha value is -2.04. The smallest absolute Gasteiger partial charge is 0.259 e. The van der Waals surface area contributed by atoms with E-state index in [-0.39, 0.29) is 18.1 Å². The van der Waals surface area contributed by atoms with E-state index in [9.17, 15) is 4.79 Å². The van der Waals surface area contributed by atoms with Crippen molar-refractivity contribution >= 4 is 23.2 Å². The van der Waals surface area contributed by atoms with E-state index in [1.807, 2.05) is 53.4 Å². The molecule has 0 bridgehead atoms. The van der Waals surface area contributed by atoms with Gasteiger partial charge in [0.25, 0.3) is 5.91 Å². The average molecular weight is 442 g/mol. The number of amides is 1. The minimum Gasteiger partial charge on any atom is -0.497 e. The van der Waals surface area contributed by atoms with Gasteiger partial charge in [0.15, 0.2) is 6.10 Å². The number of nitrogens with zero attached hydrogens (tertiary/aromatic N) is 1. The van der Waals surface area contributed by atoms with Gasteiger partial charge < -0.3 is 9.47 Å². The third kappa shape index (κ3) is 4.47. The highest BCUT2D eigenvalue weighted by molar-refractivity contribution is 6.30. The first-order chi connectivity index (χ1) is 14.9. The van der Waals surface area contributed by atoms with Crippen molar-refractivity contribution in [1.82, 2.24) is 0 Å². The maximum absolute atomic E-state index is 13.3. The van der Waals surface area contributed by atoms with E-state index < -0.39 is 6.10 Å². The summed E-state index contributed by atoms with van der Waals surface area (Å²) in [4.78, 5) is 15.2. The van der Waals surface area contributed by atoms with Crippen LogP contribution >= 0.6 is 11.6 Å². The third-order valence-corrected chi connectivity index (χ3v) is 7.14. The number of anilines is 1. The normalized spacial score (nSPS) is 28.5. The van der Waals surface area contributed by atoms with Crippen molar-refractivity contribution < 1.29 is 14.3 Å². The zero-order chi connectivity index (χ0) is 22.1. The van der Waals surface area contributed by atoms with Crippen LogP contribution in [0.2, 0.25) is 5.02 Å².